The molecule has 4 aromatic heterocycles. The largest absolute Gasteiger partial charge is 0.376 e. The second kappa shape index (κ2) is 7.71. The summed E-state index contributed by atoms with van der Waals surface area (Å²) in [6.07, 6.45) is 3.41. The van der Waals surface area contributed by atoms with Crippen LogP contribution in [-0.4, -0.2) is 34.9 Å². The van der Waals surface area contributed by atoms with Gasteiger partial charge in [0.1, 0.15) is 11.5 Å². The van der Waals surface area contributed by atoms with Gasteiger partial charge in [-0.25, -0.2) is 13.9 Å². The Kier molecular flexibility index (Phi) is 4.42. The lowest BCUT2D eigenvalue weighted by molar-refractivity contribution is 0.384. The van der Waals surface area contributed by atoms with Gasteiger partial charge in [-0.2, -0.15) is 10.1 Å². The van der Waals surface area contributed by atoms with Crippen molar-refractivity contribution in [1.29, 1.82) is 0 Å². The van der Waals surface area contributed by atoms with Gasteiger partial charge in [0.05, 0.1) is 24.5 Å². The topological polar surface area (TPSA) is 122 Å². The van der Waals surface area contributed by atoms with E-state index in [0.717, 1.165) is 22.3 Å². The molecule has 33 heavy (non-hydrogen) atoms. The fraction of sp³-hybridized carbons (Fsp3) is 0.0455. The first kappa shape index (κ1) is 18.9. The molecule has 2 aromatic carbocycles. The summed E-state index contributed by atoms with van der Waals surface area (Å²) < 4.78 is 20.1. The van der Waals surface area contributed by atoms with Crippen LogP contribution in [0.25, 0.3) is 28.1 Å². The van der Waals surface area contributed by atoms with Gasteiger partial charge in [0.15, 0.2) is 11.5 Å². The normalized spacial score (nSPS) is 11.3. The van der Waals surface area contributed by atoms with Crippen molar-refractivity contribution in [2.45, 2.75) is 6.54 Å². The number of hydrogen-bond donors (Lipinski definition) is 3. The number of aromatic nitrogens is 7. The molecule has 3 N–H and O–H groups in total. The number of imidazole rings is 1. The molecule has 0 spiro atoms. The molecule has 0 amide bonds. The third-order valence-electron chi connectivity index (χ3n) is 5.06. The summed E-state index contributed by atoms with van der Waals surface area (Å²) in [6, 6.07) is 15.6. The highest BCUT2D eigenvalue weighted by Crippen LogP contribution is 2.22. The maximum absolute atomic E-state index is 13.0. The minimum absolute atomic E-state index is 0.295. The van der Waals surface area contributed by atoms with Crippen LogP contribution >= 0.6 is 0 Å². The molecule has 0 aliphatic carbocycles. The Morgan fingerprint density at radius 2 is 1.88 bits per heavy atom. The zero-order valence-electron chi connectivity index (χ0n) is 17.0. The minimum Gasteiger partial charge on any atom is -0.376 e. The Balaban J connectivity index is 1.23. The number of fused-ring (bicyclic) bond motifs is 2. The predicted octanol–water partition coefficient (Wildman–Crippen LogP) is 4.15. The molecule has 0 saturated carbocycles. The monoisotopic (exact) mass is 441 g/mol. The Morgan fingerprint density at radius 3 is 2.79 bits per heavy atom. The van der Waals surface area contributed by atoms with Crippen LogP contribution in [0.2, 0.25) is 0 Å². The highest BCUT2D eigenvalue weighted by atomic mass is 19.1. The summed E-state index contributed by atoms with van der Waals surface area (Å²) in [7, 11) is 0. The van der Waals surface area contributed by atoms with Gasteiger partial charge in [-0.15, -0.1) is 5.10 Å². The van der Waals surface area contributed by atoms with E-state index < -0.39 is 0 Å². The predicted molar refractivity (Wildman–Crippen MR) is 119 cm³/mol. The molecule has 4 heterocycles. The molecule has 11 heteroatoms. The maximum Gasteiger partial charge on any atom is 0.246 e. The first-order chi connectivity index (χ1) is 16.2. The van der Waals surface area contributed by atoms with Crippen LogP contribution in [0.1, 0.15) is 5.89 Å². The Labute approximate surface area is 185 Å². The average Bonchev–Trinajstić information content (AvgIpc) is 3.57. The number of rotatable bonds is 6. The summed E-state index contributed by atoms with van der Waals surface area (Å²) in [5.74, 6) is 1.08. The van der Waals surface area contributed by atoms with Crippen LogP contribution < -0.4 is 10.6 Å². The number of aromatic amines is 1. The molecule has 0 fully saturated rings. The molecule has 0 aliphatic rings. The first-order valence-electron chi connectivity index (χ1n) is 10.1. The van der Waals surface area contributed by atoms with Crippen molar-refractivity contribution in [3.8, 4) is 11.5 Å². The maximum atomic E-state index is 13.0. The summed E-state index contributed by atoms with van der Waals surface area (Å²) in [6.45, 7) is 0.298. The molecule has 10 nitrogen and oxygen atoms in total. The quantitative estimate of drug-likeness (QED) is 0.352. The van der Waals surface area contributed by atoms with Crippen LogP contribution in [-0.2, 0) is 6.54 Å². The van der Waals surface area contributed by atoms with E-state index in [9.17, 15) is 4.39 Å². The third-order valence-corrected chi connectivity index (χ3v) is 5.06. The van der Waals surface area contributed by atoms with Crippen LogP contribution in [0.15, 0.2) is 71.5 Å². The van der Waals surface area contributed by atoms with Gasteiger partial charge in [0.25, 0.3) is 0 Å². The lowest BCUT2D eigenvalue weighted by Gasteiger charge is -2.06. The number of H-pyrrole nitrogens is 1. The van der Waals surface area contributed by atoms with Gasteiger partial charge in [-0.3, -0.25) is 5.10 Å². The number of benzene rings is 2. The molecular weight excluding hydrogens is 425 g/mol. The fourth-order valence-electron chi connectivity index (χ4n) is 3.44. The van der Waals surface area contributed by atoms with Gasteiger partial charge in [-0.1, -0.05) is 5.16 Å². The Morgan fingerprint density at radius 1 is 1.00 bits per heavy atom. The molecule has 162 valence electrons. The first-order valence-corrected chi connectivity index (χ1v) is 10.1. The Bertz CT molecular complexity index is 1570. The molecule has 0 aliphatic heterocycles. The van der Waals surface area contributed by atoms with Crippen molar-refractivity contribution in [1.82, 2.24) is 34.9 Å². The van der Waals surface area contributed by atoms with Crippen LogP contribution in [0.3, 0.4) is 0 Å². The molecule has 6 aromatic rings. The lowest BCUT2D eigenvalue weighted by atomic mass is 10.2. The highest BCUT2D eigenvalue weighted by Gasteiger charge is 2.15. The summed E-state index contributed by atoms with van der Waals surface area (Å²) in [4.78, 5) is 8.81. The molecule has 0 atom stereocenters. The van der Waals surface area contributed by atoms with Gasteiger partial charge < -0.3 is 15.2 Å². The van der Waals surface area contributed by atoms with E-state index in [0.29, 0.717) is 35.4 Å². The summed E-state index contributed by atoms with van der Waals surface area (Å²) >= 11 is 0. The molecule has 0 unspecified atom stereocenters. The van der Waals surface area contributed by atoms with E-state index in [1.54, 1.807) is 29.0 Å². The van der Waals surface area contributed by atoms with Crippen molar-refractivity contribution >= 4 is 33.7 Å². The minimum atomic E-state index is -0.295. The van der Waals surface area contributed by atoms with E-state index >= 15 is 0 Å². The number of halogens is 1. The van der Waals surface area contributed by atoms with Crippen molar-refractivity contribution in [3.05, 3.63) is 78.7 Å². The molecule has 0 saturated heterocycles. The Hall–Kier alpha value is -4.80. The third kappa shape index (κ3) is 3.71. The van der Waals surface area contributed by atoms with E-state index in [4.69, 9.17) is 4.52 Å². The van der Waals surface area contributed by atoms with Crippen LogP contribution in [0.5, 0.6) is 0 Å². The van der Waals surface area contributed by atoms with Gasteiger partial charge in [0, 0.05) is 16.8 Å². The summed E-state index contributed by atoms with van der Waals surface area (Å²) in [5.41, 5.74) is 3.83. The van der Waals surface area contributed by atoms with E-state index in [1.807, 2.05) is 30.3 Å². The van der Waals surface area contributed by atoms with Crippen LogP contribution in [0.4, 0.5) is 21.6 Å². The lowest BCUT2D eigenvalue weighted by Crippen LogP contribution is -2.01. The second-order valence-corrected chi connectivity index (χ2v) is 7.30. The van der Waals surface area contributed by atoms with Crippen molar-refractivity contribution < 1.29 is 8.91 Å². The fourth-order valence-corrected chi connectivity index (χ4v) is 3.44. The average molecular weight is 441 g/mol. The van der Waals surface area contributed by atoms with Crippen molar-refractivity contribution in [3.63, 3.8) is 0 Å². The van der Waals surface area contributed by atoms with E-state index in [2.05, 4.69) is 41.1 Å². The number of anilines is 3. The summed E-state index contributed by atoms with van der Waals surface area (Å²) in [5, 5.41) is 23.1. The van der Waals surface area contributed by atoms with Gasteiger partial charge >= 0.3 is 0 Å². The standard InChI is InChI=1S/C22H16FN9O/c23-14-1-3-15(4-2-14)24-12-21-28-22(31-33-21)18-11-25-20-8-7-19(30-32(18)20)27-16-5-6-17-13(9-16)10-26-29-17/h1-11,24H,12H2,(H,26,29)(H,27,30). The zero-order chi connectivity index (χ0) is 22.2. The molecule has 0 bridgehead atoms. The van der Waals surface area contributed by atoms with Crippen molar-refractivity contribution in [2.75, 3.05) is 10.6 Å². The van der Waals surface area contributed by atoms with Gasteiger partial charge in [0.2, 0.25) is 11.7 Å². The molecule has 6 rings (SSSR count). The SMILES string of the molecule is Fc1ccc(NCc2nc(-c3cnc4ccc(Nc5ccc6[nH]ncc6c5)nn34)no2)cc1. The highest BCUT2D eigenvalue weighted by molar-refractivity contribution is 5.82. The van der Waals surface area contributed by atoms with Crippen LogP contribution in [0, 0.1) is 5.82 Å². The number of nitrogens with zero attached hydrogens (tertiary/aromatic N) is 6. The molecule has 0 radical (unpaired) electrons. The van der Waals surface area contributed by atoms with E-state index in [-0.39, 0.29) is 5.82 Å². The molecular formula is C22H16FN9O. The number of hydrogen-bond acceptors (Lipinski definition) is 8. The van der Waals surface area contributed by atoms with Gasteiger partial charge in [-0.05, 0) is 54.6 Å². The number of nitrogens with one attached hydrogen (secondary N) is 3. The smallest absolute Gasteiger partial charge is 0.246 e. The second-order valence-electron chi connectivity index (χ2n) is 7.30. The zero-order valence-corrected chi connectivity index (χ0v) is 17.0. The van der Waals surface area contributed by atoms with Crippen molar-refractivity contribution in [2.24, 2.45) is 0 Å². The van der Waals surface area contributed by atoms with E-state index in [1.165, 1.54) is 12.1 Å².